The lowest BCUT2D eigenvalue weighted by molar-refractivity contribution is -0.139. The highest BCUT2D eigenvalue weighted by molar-refractivity contribution is 6.35. The summed E-state index contributed by atoms with van der Waals surface area (Å²) in [5, 5.41) is 13.5. The van der Waals surface area contributed by atoms with Gasteiger partial charge in [0, 0.05) is 13.1 Å². The molecule has 5 nitrogen and oxygen atoms in total. The van der Waals surface area contributed by atoms with E-state index in [0.29, 0.717) is 6.54 Å². The van der Waals surface area contributed by atoms with Crippen LogP contribution in [0.3, 0.4) is 0 Å². The SMILES string of the molecule is CCCNC(=O)C(=O)NC[C@@H](C)O. The molecule has 0 saturated carbocycles. The van der Waals surface area contributed by atoms with Crippen molar-refractivity contribution in [2.75, 3.05) is 13.1 Å². The standard InChI is InChI=1S/C8H16N2O3/c1-3-4-9-7(12)8(13)10-5-6(2)11/h6,11H,3-5H2,1-2H3,(H,9,12)(H,10,13)/t6-/m1/s1. The van der Waals surface area contributed by atoms with Crippen molar-refractivity contribution in [2.45, 2.75) is 26.4 Å². The minimum absolute atomic E-state index is 0.0956. The van der Waals surface area contributed by atoms with E-state index in [1.54, 1.807) is 0 Å². The minimum Gasteiger partial charge on any atom is -0.392 e. The van der Waals surface area contributed by atoms with Crippen LogP contribution in [0.2, 0.25) is 0 Å². The predicted molar refractivity (Wildman–Crippen MR) is 48.0 cm³/mol. The molecule has 5 heteroatoms. The van der Waals surface area contributed by atoms with Crippen LogP contribution in [-0.4, -0.2) is 36.1 Å². The molecule has 0 aromatic carbocycles. The zero-order valence-corrected chi connectivity index (χ0v) is 7.96. The van der Waals surface area contributed by atoms with Gasteiger partial charge in [0.05, 0.1) is 6.10 Å². The van der Waals surface area contributed by atoms with Gasteiger partial charge in [-0.2, -0.15) is 0 Å². The van der Waals surface area contributed by atoms with Crippen molar-refractivity contribution in [3.05, 3.63) is 0 Å². The van der Waals surface area contributed by atoms with Crippen LogP contribution >= 0.6 is 0 Å². The zero-order chi connectivity index (χ0) is 10.3. The number of carbonyl (C=O) groups is 2. The van der Waals surface area contributed by atoms with Crippen LogP contribution in [0, 0.1) is 0 Å². The Hall–Kier alpha value is -1.10. The molecule has 0 aliphatic rings. The Balaban J connectivity index is 3.64. The van der Waals surface area contributed by atoms with Crippen molar-refractivity contribution in [3.63, 3.8) is 0 Å². The number of rotatable bonds is 4. The van der Waals surface area contributed by atoms with E-state index in [1.165, 1.54) is 6.92 Å². The fourth-order valence-electron chi connectivity index (χ4n) is 0.639. The second-order valence-corrected chi connectivity index (χ2v) is 2.81. The quantitative estimate of drug-likeness (QED) is 0.496. The van der Waals surface area contributed by atoms with Crippen molar-refractivity contribution >= 4 is 11.8 Å². The molecule has 0 bridgehead atoms. The summed E-state index contributed by atoms with van der Waals surface area (Å²) in [6.45, 7) is 4.01. The third-order valence-electron chi connectivity index (χ3n) is 1.30. The molecule has 0 rings (SSSR count). The maximum atomic E-state index is 10.9. The van der Waals surface area contributed by atoms with Gasteiger partial charge in [0.2, 0.25) is 0 Å². The second-order valence-electron chi connectivity index (χ2n) is 2.81. The molecule has 0 radical (unpaired) electrons. The molecule has 3 N–H and O–H groups in total. The Bertz CT molecular complexity index is 180. The van der Waals surface area contributed by atoms with Gasteiger partial charge in [0.25, 0.3) is 0 Å². The monoisotopic (exact) mass is 188 g/mol. The van der Waals surface area contributed by atoms with Crippen molar-refractivity contribution in [1.82, 2.24) is 10.6 Å². The lowest BCUT2D eigenvalue weighted by Gasteiger charge is -2.06. The van der Waals surface area contributed by atoms with Gasteiger partial charge < -0.3 is 15.7 Å². The highest BCUT2D eigenvalue weighted by Crippen LogP contribution is 1.77. The third kappa shape index (κ3) is 6.10. The molecular formula is C8H16N2O3. The Morgan fingerprint density at radius 1 is 1.31 bits per heavy atom. The lowest BCUT2D eigenvalue weighted by atomic mass is 10.4. The van der Waals surface area contributed by atoms with Crippen LogP contribution in [0.1, 0.15) is 20.3 Å². The van der Waals surface area contributed by atoms with Crippen LogP contribution in [0.4, 0.5) is 0 Å². The van der Waals surface area contributed by atoms with Crippen LogP contribution in [0.15, 0.2) is 0 Å². The number of carbonyl (C=O) groups excluding carboxylic acids is 2. The molecule has 0 saturated heterocycles. The number of hydrogen-bond acceptors (Lipinski definition) is 3. The van der Waals surface area contributed by atoms with E-state index in [4.69, 9.17) is 5.11 Å². The Morgan fingerprint density at radius 2 is 1.85 bits per heavy atom. The minimum atomic E-state index is -0.700. The molecule has 0 aromatic rings. The summed E-state index contributed by atoms with van der Waals surface area (Å²) in [6, 6.07) is 0. The molecule has 0 aliphatic heterocycles. The number of nitrogens with one attached hydrogen (secondary N) is 2. The highest BCUT2D eigenvalue weighted by atomic mass is 16.3. The Kier molecular flexibility index (Phi) is 5.88. The fraction of sp³-hybridized carbons (Fsp3) is 0.750. The van der Waals surface area contributed by atoms with Gasteiger partial charge in [-0.05, 0) is 13.3 Å². The Labute approximate surface area is 77.5 Å². The van der Waals surface area contributed by atoms with Crippen molar-refractivity contribution in [2.24, 2.45) is 0 Å². The first kappa shape index (κ1) is 11.9. The summed E-state index contributed by atoms with van der Waals surface area (Å²) in [6.07, 6.45) is 0.151. The molecule has 76 valence electrons. The van der Waals surface area contributed by atoms with Crippen molar-refractivity contribution in [3.8, 4) is 0 Å². The molecule has 1 atom stereocenters. The first-order valence-corrected chi connectivity index (χ1v) is 4.32. The second kappa shape index (κ2) is 6.42. The van der Waals surface area contributed by atoms with Crippen molar-refractivity contribution in [1.29, 1.82) is 0 Å². The van der Waals surface area contributed by atoms with E-state index in [9.17, 15) is 9.59 Å². The number of aliphatic hydroxyl groups excluding tert-OH is 1. The van der Waals surface area contributed by atoms with Crippen LogP contribution < -0.4 is 10.6 Å². The molecule has 0 aromatic heterocycles. The van der Waals surface area contributed by atoms with Gasteiger partial charge in [-0.25, -0.2) is 0 Å². The maximum Gasteiger partial charge on any atom is 0.309 e. The first-order chi connectivity index (χ1) is 6.07. The largest absolute Gasteiger partial charge is 0.392 e. The van der Waals surface area contributed by atoms with E-state index < -0.39 is 17.9 Å². The molecular weight excluding hydrogens is 172 g/mol. The van der Waals surface area contributed by atoms with Gasteiger partial charge in [-0.3, -0.25) is 9.59 Å². The number of hydrogen-bond donors (Lipinski definition) is 3. The van der Waals surface area contributed by atoms with Gasteiger partial charge in [0.15, 0.2) is 0 Å². The molecule has 13 heavy (non-hydrogen) atoms. The van der Waals surface area contributed by atoms with E-state index >= 15 is 0 Å². The molecule has 0 spiro atoms. The normalized spacial score (nSPS) is 11.9. The lowest BCUT2D eigenvalue weighted by Crippen LogP contribution is -2.42. The fourth-order valence-corrected chi connectivity index (χ4v) is 0.639. The summed E-state index contributed by atoms with van der Waals surface area (Å²) < 4.78 is 0. The van der Waals surface area contributed by atoms with Crippen molar-refractivity contribution < 1.29 is 14.7 Å². The molecule has 0 unspecified atom stereocenters. The number of aliphatic hydroxyl groups is 1. The van der Waals surface area contributed by atoms with E-state index in [1.807, 2.05) is 6.92 Å². The first-order valence-electron chi connectivity index (χ1n) is 4.32. The summed E-state index contributed by atoms with van der Waals surface area (Å²) in [5.41, 5.74) is 0. The van der Waals surface area contributed by atoms with E-state index in [2.05, 4.69) is 10.6 Å². The van der Waals surface area contributed by atoms with Gasteiger partial charge in [0.1, 0.15) is 0 Å². The van der Waals surface area contributed by atoms with Crippen LogP contribution in [0.25, 0.3) is 0 Å². The van der Waals surface area contributed by atoms with Crippen LogP contribution in [-0.2, 0) is 9.59 Å². The zero-order valence-electron chi connectivity index (χ0n) is 7.96. The molecule has 0 heterocycles. The average Bonchev–Trinajstić information content (AvgIpc) is 2.10. The average molecular weight is 188 g/mol. The molecule has 0 aliphatic carbocycles. The summed E-state index contributed by atoms with van der Waals surface area (Å²) in [4.78, 5) is 21.8. The number of amides is 2. The maximum absolute atomic E-state index is 10.9. The van der Waals surface area contributed by atoms with E-state index in [-0.39, 0.29) is 6.54 Å². The topological polar surface area (TPSA) is 78.4 Å². The van der Waals surface area contributed by atoms with E-state index in [0.717, 1.165) is 6.42 Å². The molecule has 0 fully saturated rings. The predicted octanol–water partition coefficient (Wildman–Crippen LogP) is -0.990. The third-order valence-corrected chi connectivity index (χ3v) is 1.30. The van der Waals surface area contributed by atoms with Crippen LogP contribution in [0.5, 0.6) is 0 Å². The summed E-state index contributed by atoms with van der Waals surface area (Å²) in [5.74, 6) is -1.35. The van der Waals surface area contributed by atoms with Gasteiger partial charge in [-0.1, -0.05) is 6.92 Å². The highest BCUT2D eigenvalue weighted by Gasteiger charge is 2.11. The van der Waals surface area contributed by atoms with Gasteiger partial charge in [-0.15, -0.1) is 0 Å². The molecule has 2 amide bonds. The summed E-state index contributed by atoms with van der Waals surface area (Å²) >= 11 is 0. The van der Waals surface area contributed by atoms with Gasteiger partial charge >= 0.3 is 11.8 Å². The smallest absolute Gasteiger partial charge is 0.309 e. The Morgan fingerprint density at radius 3 is 2.31 bits per heavy atom. The summed E-state index contributed by atoms with van der Waals surface area (Å²) in [7, 11) is 0.